The summed E-state index contributed by atoms with van der Waals surface area (Å²) in [6, 6.07) is 9.46. The number of benzene rings is 1. The molecule has 0 aliphatic carbocycles. The molecule has 1 aromatic carbocycles. The number of aliphatic imine (C=N–C) groups is 1. The number of carbonyl (C=O) groups excluding carboxylic acids is 2. The third-order valence-corrected chi connectivity index (χ3v) is 3.70. The van der Waals surface area contributed by atoms with Crippen LogP contribution in [0.25, 0.3) is 0 Å². The highest BCUT2D eigenvalue weighted by Crippen LogP contribution is 2.06. The van der Waals surface area contributed by atoms with Crippen molar-refractivity contribution in [1.29, 1.82) is 0 Å². The molecule has 2 amide bonds. The fourth-order valence-corrected chi connectivity index (χ4v) is 2.62. The van der Waals surface area contributed by atoms with Crippen LogP contribution in [-0.4, -0.2) is 41.3 Å². The van der Waals surface area contributed by atoms with Gasteiger partial charge in [0.2, 0.25) is 0 Å². The topological polar surface area (TPSA) is 84.3 Å². The van der Waals surface area contributed by atoms with Gasteiger partial charge < -0.3 is 5.32 Å². The molecule has 0 unspecified atom stereocenters. The van der Waals surface area contributed by atoms with Crippen molar-refractivity contribution in [2.45, 2.75) is 32.6 Å². The maximum absolute atomic E-state index is 12.7. The van der Waals surface area contributed by atoms with Gasteiger partial charge in [-0.1, -0.05) is 44.2 Å². The molecule has 2 rings (SSSR count). The number of nitrogens with zero attached hydrogens (tertiary/aromatic N) is 3. The van der Waals surface area contributed by atoms with Crippen LogP contribution in [0.4, 0.5) is 0 Å². The van der Waals surface area contributed by atoms with Crippen LogP contribution in [-0.2, 0) is 11.2 Å². The minimum Gasteiger partial charge on any atom is -0.356 e. The van der Waals surface area contributed by atoms with Crippen LogP contribution in [0.3, 0.4) is 0 Å². The first-order valence-electron chi connectivity index (χ1n) is 8.68. The first kappa shape index (κ1) is 19.5. The summed E-state index contributed by atoms with van der Waals surface area (Å²) in [6.45, 7) is 4.19. The lowest BCUT2D eigenvalue weighted by Crippen LogP contribution is -2.41. The van der Waals surface area contributed by atoms with Crippen LogP contribution >= 0.6 is 0 Å². The van der Waals surface area contributed by atoms with Crippen molar-refractivity contribution in [3.8, 4) is 0 Å². The minimum atomic E-state index is -0.573. The molecule has 2 aromatic rings. The summed E-state index contributed by atoms with van der Waals surface area (Å²) in [5, 5.41) is 2.93. The maximum Gasteiger partial charge on any atom is 0.297 e. The van der Waals surface area contributed by atoms with Gasteiger partial charge in [0.15, 0.2) is 0 Å². The van der Waals surface area contributed by atoms with E-state index in [9.17, 15) is 9.59 Å². The third kappa shape index (κ3) is 6.24. The van der Waals surface area contributed by atoms with Crippen LogP contribution < -0.4 is 5.32 Å². The number of carbonyl (C=O) groups is 2. The van der Waals surface area contributed by atoms with Gasteiger partial charge in [-0.2, -0.15) is 0 Å². The first-order chi connectivity index (χ1) is 12.5. The van der Waals surface area contributed by atoms with E-state index < -0.39 is 5.91 Å². The van der Waals surface area contributed by atoms with E-state index in [0.29, 0.717) is 5.92 Å². The summed E-state index contributed by atoms with van der Waals surface area (Å²) in [4.78, 5) is 36.9. The van der Waals surface area contributed by atoms with Crippen LogP contribution in [0.5, 0.6) is 0 Å². The molecule has 7 heteroatoms. The lowest BCUT2D eigenvalue weighted by atomic mass is 9.88. The Kier molecular flexibility index (Phi) is 7.20. The fourth-order valence-electron chi connectivity index (χ4n) is 2.62. The summed E-state index contributed by atoms with van der Waals surface area (Å²) in [6.07, 6.45) is 5.36. The smallest absolute Gasteiger partial charge is 0.297 e. The molecule has 0 saturated heterocycles. The quantitative estimate of drug-likeness (QED) is 0.605. The standard InChI is InChI=1S/C19H23BN4O2/c1-13(2)10-17(20)24-18(25)15(11-14-6-4-3-5-7-14)23-19(26)16-12-21-8-9-22-16/h3-9,12-13,17H,10-11,20H2,1-2H3,(H,24,25)/b23-15+/t17-/m0/s1. The Balaban J connectivity index is 2.22. The Morgan fingerprint density at radius 2 is 1.92 bits per heavy atom. The number of amides is 2. The average Bonchev–Trinajstić information content (AvgIpc) is 2.62. The van der Waals surface area contributed by atoms with Crippen LogP contribution in [0, 0.1) is 5.92 Å². The van der Waals surface area contributed by atoms with E-state index in [-0.39, 0.29) is 29.7 Å². The highest BCUT2D eigenvalue weighted by molar-refractivity contribution is 6.42. The molecule has 0 spiro atoms. The van der Waals surface area contributed by atoms with E-state index in [2.05, 4.69) is 34.1 Å². The van der Waals surface area contributed by atoms with Gasteiger partial charge in [0, 0.05) is 18.8 Å². The number of hydrogen-bond donors (Lipinski definition) is 1. The molecule has 1 atom stereocenters. The van der Waals surface area contributed by atoms with Gasteiger partial charge >= 0.3 is 0 Å². The van der Waals surface area contributed by atoms with Gasteiger partial charge in [0.25, 0.3) is 11.8 Å². The van der Waals surface area contributed by atoms with E-state index in [1.54, 1.807) is 0 Å². The predicted octanol–water partition coefficient (Wildman–Crippen LogP) is 1.42. The molecule has 1 aromatic heterocycles. The molecule has 0 radical (unpaired) electrons. The first-order valence-corrected chi connectivity index (χ1v) is 8.68. The normalized spacial score (nSPS) is 12.7. The Labute approximate surface area is 154 Å². The Morgan fingerprint density at radius 3 is 2.54 bits per heavy atom. The number of aromatic nitrogens is 2. The van der Waals surface area contributed by atoms with Crippen molar-refractivity contribution in [3.05, 3.63) is 60.2 Å². The van der Waals surface area contributed by atoms with E-state index in [0.717, 1.165) is 12.0 Å². The van der Waals surface area contributed by atoms with E-state index in [1.165, 1.54) is 18.6 Å². The number of hydrogen-bond acceptors (Lipinski definition) is 4. The summed E-state index contributed by atoms with van der Waals surface area (Å²) < 4.78 is 0. The van der Waals surface area contributed by atoms with Crippen molar-refractivity contribution < 1.29 is 9.59 Å². The molecule has 134 valence electrons. The van der Waals surface area contributed by atoms with E-state index in [1.807, 2.05) is 38.2 Å². The zero-order valence-electron chi connectivity index (χ0n) is 15.3. The highest BCUT2D eigenvalue weighted by Gasteiger charge is 2.18. The molecule has 26 heavy (non-hydrogen) atoms. The zero-order valence-corrected chi connectivity index (χ0v) is 15.3. The van der Waals surface area contributed by atoms with Gasteiger partial charge in [0.05, 0.1) is 6.20 Å². The molecule has 0 aliphatic heterocycles. The zero-order chi connectivity index (χ0) is 18.9. The van der Waals surface area contributed by atoms with Crippen molar-refractivity contribution >= 4 is 25.4 Å². The molecule has 0 bridgehead atoms. The Bertz CT molecular complexity index is 764. The lowest BCUT2D eigenvalue weighted by molar-refractivity contribution is -0.115. The molecule has 0 fully saturated rings. The van der Waals surface area contributed by atoms with Gasteiger partial charge in [0.1, 0.15) is 19.3 Å². The molecular weight excluding hydrogens is 327 g/mol. The van der Waals surface area contributed by atoms with Crippen molar-refractivity contribution in [3.63, 3.8) is 0 Å². The fraction of sp³-hybridized carbons (Fsp3) is 0.316. The monoisotopic (exact) mass is 350 g/mol. The van der Waals surface area contributed by atoms with Gasteiger partial charge in [-0.3, -0.25) is 14.6 Å². The lowest BCUT2D eigenvalue weighted by Gasteiger charge is -2.17. The molecule has 0 saturated carbocycles. The molecule has 0 aliphatic rings. The van der Waals surface area contributed by atoms with Crippen molar-refractivity contribution in [1.82, 2.24) is 15.3 Å². The Morgan fingerprint density at radius 1 is 1.19 bits per heavy atom. The van der Waals surface area contributed by atoms with Crippen LogP contribution in [0.2, 0.25) is 0 Å². The van der Waals surface area contributed by atoms with E-state index >= 15 is 0 Å². The second kappa shape index (κ2) is 9.60. The number of nitrogens with one attached hydrogen (secondary N) is 1. The third-order valence-electron chi connectivity index (χ3n) is 3.70. The van der Waals surface area contributed by atoms with Gasteiger partial charge in [-0.05, 0) is 23.8 Å². The maximum atomic E-state index is 12.7. The molecule has 1 heterocycles. The summed E-state index contributed by atoms with van der Waals surface area (Å²) in [5.41, 5.74) is 1.19. The van der Waals surface area contributed by atoms with E-state index in [4.69, 9.17) is 0 Å². The number of rotatable bonds is 7. The summed E-state index contributed by atoms with van der Waals surface area (Å²) in [7, 11) is 1.95. The molecule has 1 N–H and O–H groups in total. The summed E-state index contributed by atoms with van der Waals surface area (Å²) in [5.74, 6) is -0.453. The largest absolute Gasteiger partial charge is 0.356 e. The van der Waals surface area contributed by atoms with Crippen LogP contribution in [0.15, 0.2) is 53.9 Å². The Hall–Kier alpha value is -2.83. The van der Waals surface area contributed by atoms with Crippen molar-refractivity contribution in [2.75, 3.05) is 0 Å². The highest BCUT2D eigenvalue weighted by atomic mass is 16.2. The minimum absolute atomic E-state index is 0.00454. The van der Waals surface area contributed by atoms with Crippen LogP contribution in [0.1, 0.15) is 36.3 Å². The molecular formula is C19H23BN4O2. The van der Waals surface area contributed by atoms with Crippen molar-refractivity contribution in [2.24, 2.45) is 10.9 Å². The average molecular weight is 350 g/mol. The molecule has 6 nitrogen and oxygen atoms in total. The van der Waals surface area contributed by atoms with Gasteiger partial charge in [-0.25, -0.2) is 9.98 Å². The second-order valence-corrected chi connectivity index (χ2v) is 6.62. The second-order valence-electron chi connectivity index (χ2n) is 6.62. The predicted molar refractivity (Wildman–Crippen MR) is 104 cm³/mol. The SMILES string of the molecule is B[C@H](CC(C)C)NC(=O)/C(Cc1ccccc1)=N/C(=O)c1cnccn1. The summed E-state index contributed by atoms with van der Waals surface area (Å²) >= 11 is 0. The van der Waals surface area contributed by atoms with Gasteiger partial charge in [-0.15, -0.1) is 0 Å².